The van der Waals surface area contributed by atoms with Gasteiger partial charge >= 0.3 is 0 Å². The zero-order valence-electron chi connectivity index (χ0n) is 20.0. The molecule has 1 fully saturated rings. The van der Waals surface area contributed by atoms with Crippen molar-refractivity contribution < 1.29 is 14.3 Å². The van der Waals surface area contributed by atoms with Gasteiger partial charge in [-0.1, -0.05) is 36.8 Å². The second-order valence-electron chi connectivity index (χ2n) is 8.79. The minimum Gasteiger partial charge on any atom is -0.489 e. The van der Waals surface area contributed by atoms with Gasteiger partial charge in [0.2, 0.25) is 0 Å². The third kappa shape index (κ3) is 6.31. The van der Waals surface area contributed by atoms with Gasteiger partial charge in [-0.15, -0.1) is 0 Å². The topological polar surface area (TPSA) is 84.5 Å². The fourth-order valence-electron chi connectivity index (χ4n) is 4.36. The average Bonchev–Trinajstić information content (AvgIpc) is 3.35. The fraction of sp³-hybridized carbons (Fsp3) is 0.423. The monoisotopic (exact) mass is 514 g/mol. The lowest BCUT2D eigenvalue weighted by Gasteiger charge is -2.27. The number of benzene rings is 1. The summed E-state index contributed by atoms with van der Waals surface area (Å²) in [5, 5.41) is 10.4. The first-order chi connectivity index (χ1) is 17.0. The molecule has 7 nitrogen and oxygen atoms in total. The Labute approximate surface area is 216 Å². The molecule has 1 aromatic carbocycles. The summed E-state index contributed by atoms with van der Waals surface area (Å²) in [7, 11) is 0. The molecule has 35 heavy (non-hydrogen) atoms. The van der Waals surface area contributed by atoms with Crippen molar-refractivity contribution in [1.29, 1.82) is 0 Å². The highest BCUT2D eigenvalue weighted by Gasteiger charge is 2.28. The van der Waals surface area contributed by atoms with E-state index in [1.165, 1.54) is 0 Å². The summed E-state index contributed by atoms with van der Waals surface area (Å²) in [6.45, 7) is 5.77. The summed E-state index contributed by atoms with van der Waals surface area (Å²) in [4.78, 5) is 17.6. The first kappa shape index (κ1) is 25.4. The van der Waals surface area contributed by atoms with Crippen LogP contribution in [-0.4, -0.2) is 41.2 Å². The van der Waals surface area contributed by atoms with Crippen LogP contribution in [0.4, 0.5) is 5.69 Å². The molecule has 0 bridgehead atoms. The summed E-state index contributed by atoms with van der Waals surface area (Å²) < 4.78 is 11.7. The van der Waals surface area contributed by atoms with Crippen LogP contribution in [0.5, 0.6) is 5.75 Å². The van der Waals surface area contributed by atoms with Gasteiger partial charge in [0.15, 0.2) is 0 Å². The Balaban J connectivity index is 1.52. The van der Waals surface area contributed by atoms with Crippen LogP contribution < -0.4 is 20.7 Å². The van der Waals surface area contributed by atoms with Gasteiger partial charge in [-0.25, -0.2) is 0 Å². The van der Waals surface area contributed by atoms with E-state index in [2.05, 4.69) is 20.9 Å². The number of rotatable bonds is 9. The molecule has 1 unspecified atom stereocenters. The third-order valence-electron chi connectivity index (χ3n) is 6.18. The number of nitrogens with one attached hydrogen (secondary N) is 3. The third-order valence-corrected chi connectivity index (χ3v) is 6.84. The number of aromatic nitrogens is 1. The second kappa shape index (κ2) is 11.8. The number of pyridine rings is 1. The number of nitrogens with zero attached hydrogens (tertiary/aromatic N) is 1. The molecule has 9 heteroatoms. The van der Waals surface area contributed by atoms with Crippen molar-refractivity contribution in [3.8, 4) is 5.75 Å². The van der Waals surface area contributed by atoms with Crippen molar-refractivity contribution in [3.05, 3.63) is 64.1 Å². The molecule has 4 rings (SSSR count). The molecule has 186 valence electrons. The van der Waals surface area contributed by atoms with Gasteiger partial charge in [0.25, 0.3) is 5.91 Å². The minimum atomic E-state index is -0.201. The number of hydrogen-bond donors (Lipinski definition) is 3. The summed E-state index contributed by atoms with van der Waals surface area (Å²) in [5.41, 5.74) is 3.95. The van der Waals surface area contributed by atoms with E-state index in [1.807, 2.05) is 38.1 Å². The predicted molar refractivity (Wildman–Crippen MR) is 142 cm³/mol. The van der Waals surface area contributed by atoms with Gasteiger partial charge < -0.3 is 25.4 Å². The minimum absolute atomic E-state index is 0.0124. The van der Waals surface area contributed by atoms with Crippen molar-refractivity contribution >= 4 is 40.4 Å². The quantitative estimate of drug-likeness (QED) is 0.423. The van der Waals surface area contributed by atoms with Crippen molar-refractivity contribution in [2.24, 2.45) is 0 Å². The average molecular weight is 515 g/mol. The van der Waals surface area contributed by atoms with Crippen LogP contribution in [0.2, 0.25) is 5.02 Å². The molecular formula is C26H31ClN4O3S. The van der Waals surface area contributed by atoms with E-state index in [9.17, 15) is 4.79 Å². The van der Waals surface area contributed by atoms with E-state index in [1.54, 1.807) is 12.4 Å². The molecule has 1 amide bonds. The molecule has 2 aromatic rings. The first-order valence-corrected chi connectivity index (χ1v) is 12.8. The van der Waals surface area contributed by atoms with Crippen LogP contribution in [0.3, 0.4) is 0 Å². The normalized spacial score (nSPS) is 19.9. The van der Waals surface area contributed by atoms with Crippen LogP contribution >= 0.6 is 23.8 Å². The molecule has 3 heterocycles. The Hall–Kier alpha value is -2.68. The Kier molecular flexibility index (Phi) is 8.59. The molecule has 1 aromatic heterocycles. The van der Waals surface area contributed by atoms with E-state index >= 15 is 0 Å². The van der Waals surface area contributed by atoms with E-state index in [-0.39, 0.29) is 18.1 Å². The smallest absolute Gasteiger partial charge is 0.256 e. The molecular weight excluding hydrogens is 484 g/mol. The number of carbonyl (C=O) groups excluding carboxylic acids is 1. The molecule has 0 saturated carbocycles. The zero-order chi connectivity index (χ0) is 24.8. The van der Waals surface area contributed by atoms with Crippen molar-refractivity contribution in [2.75, 3.05) is 18.5 Å². The Morgan fingerprint density at radius 3 is 3.00 bits per heavy atom. The highest BCUT2D eigenvalue weighted by molar-refractivity contribution is 7.81. The Bertz CT molecular complexity index is 1120. The maximum Gasteiger partial charge on any atom is 0.256 e. The number of amides is 1. The highest BCUT2D eigenvalue weighted by Crippen LogP contribution is 2.27. The largest absolute Gasteiger partial charge is 0.489 e. The number of halogens is 1. The SMILES string of the molecule is CCc1c(Cl)cccc1NC(=S)C1=C(NCc2ccncc2OC[C@@H]2CCCO2)CC(C)NC1=O. The molecule has 1 saturated heterocycles. The number of ether oxygens (including phenoxy) is 2. The number of thiocarbonyl (C=S) groups is 1. The summed E-state index contributed by atoms with van der Waals surface area (Å²) in [6.07, 6.45) is 7.03. The van der Waals surface area contributed by atoms with Crippen LogP contribution in [0.1, 0.15) is 44.2 Å². The van der Waals surface area contributed by atoms with Crippen LogP contribution in [0, 0.1) is 0 Å². The lowest BCUT2D eigenvalue weighted by atomic mass is 10.0. The number of hydrogen-bond acceptors (Lipinski definition) is 6. The first-order valence-electron chi connectivity index (χ1n) is 12.0. The van der Waals surface area contributed by atoms with Crippen molar-refractivity contribution in [3.63, 3.8) is 0 Å². The van der Waals surface area contributed by atoms with E-state index < -0.39 is 0 Å². The lowest BCUT2D eigenvalue weighted by Crippen LogP contribution is -2.44. The maximum absolute atomic E-state index is 13.0. The Morgan fingerprint density at radius 1 is 1.37 bits per heavy atom. The summed E-state index contributed by atoms with van der Waals surface area (Å²) >= 11 is 12.1. The molecule has 0 spiro atoms. The second-order valence-corrected chi connectivity index (χ2v) is 9.60. The highest BCUT2D eigenvalue weighted by atomic mass is 35.5. The van der Waals surface area contributed by atoms with Gasteiger partial charge in [-0.3, -0.25) is 9.78 Å². The van der Waals surface area contributed by atoms with Crippen LogP contribution in [0.15, 0.2) is 47.9 Å². The van der Waals surface area contributed by atoms with Gasteiger partial charge in [0.05, 0.1) is 17.9 Å². The predicted octanol–water partition coefficient (Wildman–Crippen LogP) is 4.55. The Morgan fingerprint density at radius 2 is 2.23 bits per heavy atom. The summed E-state index contributed by atoms with van der Waals surface area (Å²) in [5.74, 6) is 0.506. The lowest BCUT2D eigenvalue weighted by molar-refractivity contribution is -0.118. The van der Waals surface area contributed by atoms with Gasteiger partial charge in [0.1, 0.15) is 17.3 Å². The molecule has 2 aliphatic rings. The molecule has 3 N–H and O–H groups in total. The maximum atomic E-state index is 13.0. The van der Waals surface area contributed by atoms with Crippen molar-refractivity contribution in [1.82, 2.24) is 15.6 Å². The fourth-order valence-corrected chi connectivity index (χ4v) is 4.99. The number of anilines is 1. The van der Waals surface area contributed by atoms with Gasteiger partial charge in [0, 0.05) is 53.8 Å². The van der Waals surface area contributed by atoms with E-state index in [0.717, 1.165) is 48.4 Å². The van der Waals surface area contributed by atoms with E-state index in [0.29, 0.717) is 40.9 Å². The zero-order valence-corrected chi connectivity index (χ0v) is 21.6. The van der Waals surface area contributed by atoms with Gasteiger partial charge in [-0.05, 0) is 49.9 Å². The summed E-state index contributed by atoms with van der Waals surface area (Å²) in [6, 6.07) is 7.54. The standard InChI is InChI=1S/C26H31ClN4O3S/c1-3-19-20(27)7-4-8-21(19)31-26(35)24-22(12-16(2)30-25(24)32)29-13-17-9-10-28-14-23(17)34-15-18-6-5-11-33-18/h4,7-10,14,16,18,29H,3,5-6,11-13,15H2,1-2H3,(H,30,32)(H,31,35)/t16?,18-/m0/s1. The van der Waals surface area contributed by atoms with E-state index in [4.69, 9.17) is 33.3 Å². The van der Waals surface area contributed by atoms with Crippen LogP contribution in [-0.2, 0) is 22.5 Å². The molecule has 2 aliphatic heterocycles. The molecule has 2 atom stereocenters. The van der Waals surface area contributed by atoms with Crippen molar-refractivity contribution in [2.45, 2.75) is 58.2 Å². The molecule has 0 radical (unpaired) electrons. The van der Waals surface area contributed by atoms with Gasteiger partial charge in [-0.2, -0.15) is 0 Å². The number of carbonyl (C=O) groups is 1. The molecule has 0 aliphatic carbocycles. The van der Waals surface area contributed by atoms with Crippen LogP contribution in [0.25, 0.3) is 0 Å².